The zero-order valence-corrected chi connectivity index (χ0v) is 15.1. The average Bonchev–Trinajstić information content (AvgIpc) is 2.54. The van der Waals surface area contributed by atoms with Gasteiger partial charge < -0.3 is 16.0 Å². The van der Waals surface area contributed by atoms with Crippen LogP contribution in [0.1, 0.15) is 12.0 Å². The number of nitrogens with one attached hydrogen (secondary N) is 1. The average molecular weight is 363 g/mol. The fourth-order valence-corrected chi connectivity index (χ4v) is 2.62. The van der Waals surface area contributed by atoms with Gasteiger partial charge in [0.25, 0.3) is 0 Å². The van der Waals surface area contributed by atoms with E-state index in [1.165, 1.54) is 5.56 Å². The maximum Gasteiger partial charge on any atom is 0.223 e. The molecular weight excluding hydrogens is 335 g/mol. The molecule has 1 heterocycles. The summed E-state index contributed by atoms with van der Waals surface area (Å²) < 4.78 is 0. The predicted octanol–water partition coefficient (Wildman–Crippen LogP) is 1.11. The second-order valence-corrected chi connectivity index (χ2v) is 5.43. The first kappa shape index (κ1) is 22.1. The summed E-state index contributed by atoms with van der Waals surface area (Å²) in [6, 6.07) is 10.3. The Morgan fingerprint density at radius 3 is 2.39 bits per heavy atom. The second kappa shape index (κ2) is 12.6. The van der Waals surface area contributed by atoms with Crippen molar-refractivity contribution < 1.29 is 4.79 Å². The minimum absolute atomic E-state index is 0. The molecule has 0 radical (unpaired) electrons. The van der Waals surface area contributed by atoms with Gasteiger partial charge in [-0.3, -0.25) is 9.69 Å². The van der Waals surface area contributed by atoms with Crippen molar-refractivity contribution in [3.8, 4) is 0 Å². The largest absolute Gasteiger partial charge is 0.340 e. The number of amides is 1. The monoisotopic (exact) mass is 362 g/mol. The Morgan fingerprint density at radius 2 is 1.78 bits per heavy atom. The third-order valence-electron chi connectivity index (χ3n) is 3.81. The van der Waals surface area contributed by atoms with Gasteiger partial charge in [-0.15, -0.1) is 24.8 Å². The number of halogens is 2. The lowest BCUT2D eigenvalue weighted by atomic mass is 10.2. The van der Waals surface area contributed by atoms with E-state index in [1.807, 2.05) is 23.1 Å². The van der Waals surface area contributed by atoms with Crippen LogP contribution in [0.15, 0.2) is 30.3 Å². The van der Waals surface area contributed by atoms with E-state index in [2.05, 4.69) is 22.3 Å². The van der Waals surface area contributed by atoms with Crippen molar-refractivity contribution in [2.45, 2.75) is 13.0 Å². The van der Waals surface area contributed by atoms with Crippen molar-refractivity contribution in [1.29, 1.82) is 0 Å². The van der Waals surface area contributed by atoms with Crippen molar-refractivity contribution >= 4 is 30.7 Å². The lowest BCUT2D eigenvalue weighted by Gasteiger charge is -2.29. The molecule has 0 atom stereocenters. The fraction of sp³-hybridized carbons (Fsp3) is 0.562. The van der Waals surface area contributed by atoms with Crippen LogP contribution in [0.5, 0.6) is 0 Å². The van der Waals surface area contributed by atoms with E-state index in [9.17, 15) is 4.79 Å². The van der Waals surface area contributed by atoms with Gasteiger partial charge in [-0.1, -0.05) is 30.3 Å². The molecule has 1 saturated heterocycles. The van der Waals surface area contributed by atoms with E-state index >= 15 is 0 Å². The summed E-state index contributed by atoms with van der Waals surface area (Å²) in [6.07, 6.45) is 0.576. The van der Waals surface area contributed by atoms with Gasteiger partial charge in [0, 0.05) is 58.8 Å². The van der Waals surface area contributed by atoms with Crippen molar-refractivity contribution in [2.24, 2.45) is 5.73 Å². The first-order chi connectivity index (χ1) is 10.3. The Balaban J connectivity index is 0.00000242. The summed E-state index contributed by atoms with van der Waals surface area (Å²) in [5, 5.41) is 3.27. The molecule has 1 amide bonds. The number of piperazine rings is 1. The molecule has 0 saturated carbocycles. The van der Waals surface area contributed by atoms with Gasteiger partial charge in [-0.2, -0.15) is 0 Å². The summed E-state index contributed by atoms with van der Waals surface area (Å²) in [4.78, 5) is 16.4. The smallest absolute Gasteiger partial charge is 0.223 e. The summed E-state index contributed by atoms with van der Waals surface area (Å²) in [5.74, 6) is 0.256. The maximum atomic E-state index is 12.2. The molecule has 0 aliphatic carbocycles. The highest BCUT2D eigenvalue weighted by Crippen LogP contribution is 2.06. The number of carbonyl (C=O) groups is 1. The Bertz CT molecular complexity index is 427. The Labute approximate surface area is 151 Å². The number of rotatable bonds is 7. The van der Waals surface area contributed by atoms with E-state index in [4.69, 9.17) is 5.73 Å². The van der Waals surface area contributed by atoms with Crippen molar-refractivity contribution in [3.63, 3.8) is 0 Å². The van der Waals surface area contributed by atoms with Crippen molar-refractivity contribution in [1.82, 2.24) is 15.1 Å². The van der Waals surface area contributed by atoms with Crippen LogP contribution in [0, 0.1) is 0 Å². The van der Waals surface area contributed by atoms with Gasteiger partial charge in [0.2, 0.25) is 5.91 Å². The van der Waals surface area contributed by atoms with Gasteiger partial charge in [0.15, 0.2) is 0 Å². The van der Waals surface area contributed by atoms with Crippen LogP contribution >= 0.6 is 24.8 Å². The summed E-state index contributed by atoms with van der Waals surface area (Å²) in [7, 11) is 0. The van der Waals surface area contributed by atoms with Gasteiger partial charge in [-0.25, -0.2) is 0 Å². The number of hydrogen-bond acceptors (Lipinski definition) is 4. The van der Waals surface area contributed by atoms with Gasteiger partial charge >= 0.3 is 0 Å². The zero-order chi connectivity index (χ0) is 14.9. The molecule has 1 aliphatic heterocycles. The molecule has 132 valence electrons. The highest BCUT2D eigenvalue weighted by atomic mass is 35.5. The van der Waals surface area contributed by atoms with Gasteiger partial charge in [-0.05, 0) is 5.56 Å². The van der Waals surface area contributed by atoms with Crippen LogP contribution in [0.25, 0.3) is 0 Å². The van der Waals surface area contributed by atoms with E-state index in [0.717, 1.165) is 45.8 Å². The summed E-state index contributed by atoms with van der Waals surface area (Å²) in [5.41, 5.74) is 6.95. The molecule has 2 rings (SSSR count). The standard InChI is InChI=1S/C16H26N4O.2ClH/c17-7-11-19(14-15-4-2-1-3-5-15)10-6-16(21)20-12-8-18-9-13-20;;/h1-5,18H,6-14,17H2;2*1H. The molecule has 1 aromatic carbocycles. The molecule has 0 spiro atoms. The van der Waals surface area contributed by atoms with Gasteiger partial charge in [0.1, 0.15) is 0 Å². The minimum atomic E-state index is 0. The third kappa shape index (κ3) is 7.99. The van der Waals surface area contributed by atoms with E-state index in [0.29, 0.717) is 13.0 Å². The molecule has 7 heteroatoms. The van der Waals surface area contributed by atoms with Crippen LogP contribution in [-0.2, 0) is 11.3 Å². The van der Waals surface area contributed by atoms with Crippen molar-refractivity contribution in [2.75, 3.05) is 45.8 Å². The number of benzene rings is 1. The fourth-order valence-electron chi connectivity index (χ4n) is 2.62. The molecular formula is C16H28Cl2N4O. The van der Waals surface area contributed by atoms with E-state index in [1.54, 1.807) is 0 Å². The SMILES string of the molecule is Cl.Cl.NCCN(CCC(=O)N1CCNCC1)Cc1ccccc1. The third-order valence-corrected chi connectivity index (χ3v) is 3.81. The Kier molecular flexibility index (Phi) is 12.1. The minimum Gasteiger partial charge on any atom is -0.340 e. The number of carbonyl (C=O) groups excluding carboxylic acids is 1. The Hall–Kier alpha value is -0.850. The number of nitrogens with two attached hydrogens (primary N) is 1. The molecule has 0 aromatic heterocycles. The Morgan fingerprint density at radius 1 is 1.13 bits per heavy atom. The number of nitrogens with zero attached hydrogens (tertiary/aromatic N) is 2. The molecule has 1 fully saturated rings. The molecule has 5 nitrogen and oxygen atoms in total. The van der Waals surface area contributed by atoms with Crippen LogP contribution in [-0.4, -0.2) is 61.5 Å². The normalized spacial score (nSPS) is 14.1. The topological polar surface area (TPSA) is 61.6 Å². The molecule has 0 unspecified atom stereocenters. The maximum absolute atomic E-state index is 12.2. The van der Waals surface area contributed by atoms with Gasteiger partial charge in [0.05, 0.1) is 0 Å². The number of hydrogen-bond donors (Lipinski definition) is 2. The molecule has 1 aliphatic rings. The molecule has 1 aromatic rings. The predicted molar refractivity (Wildman–Crippen MR) is 99.3 cm³/mol. The summed E-state index contributed by atoms with van der Waals surface area (Å²) >= 11 is 0. The molecule has 0 bridgehead atoms. The molecule has 23 heavy (non-hydrogen) atoms. The lowest BCUT2D eigenvalue weighted by Crippen LogP contribution is -2.47. The van der Waals surface area contributed by atoms with Crippen LogP contribution in [0.2, 0.25) is 0 Å². The second-order valence-electron chi connectivity index (χ2n) is 5.43. The van der Waals surface area contributed by atoms with Crippen LogP contribution in [0.4, 0.5) is 0 Å². The first-order valence-corrected chi connectivity index (χ1v) is 7.74. The first-order valence-electron chi connectivity index (χ1n) is 7.74. The highest BCUT2D eigenvalue weighted by molar-refractivity contribution is 5.85. The van der Waals surface area contributed by atoms with E-state index < -0.39 is 0 Å². The quantitative estimate of drug-likeness (QED) is 0.762. The zero-order valence-electron chi connectivity index (χ0n) is 13.4. The van der Waals surface area contributed by atoms with Crippen molar-refractivity contribution in [3.05, 3.63) is 35.9 Å². The molecule has 3 N–H and O–H groups in total. The van der Waals surface area contributed by atoms with Crippen LogP contribution < -0.4 is 11.1 Å². The van der Waals surface area contributed by atoms with Crippen LogP contribution in [0.3, 0.4) is 0 Å². The highest BCUT2D eigenvalue weighted by Gasteiger charge is 2.17. The lowest BCUT2D eigenvalue weighted by molar-refractivity contribution is -0.132. The van der Waals surface area contributed by atoms with E-state index in [-0.39, 0.29) is 30.7 Å². The summed E-state index contributed by atoms with van der Waals surface area (Å²) in [6.45, 7) is 6.54.